The number of hydrogen-bond donors (Lipinski definition) is 0. The van der Waals surface area contributed by atoms with E-state index in [2.05, 4.69) is 11.0 Å². The third-order valence-corrected chi connectivity index (χ3v) is 8.52. The molecular weight excluding hydrogens is 442 g/mol. The molecule has 0 N–H and O–H groups in total. The van der Waals surface area contributed by atoms with Gasteiger partial charge in [0.2, 0.25) is 22.7 Å². The number of piperazine rings is 1. The molecule has 0 spiro atoms. The third kappa shape index (κ3) is 4.71. The van der Waals surface area contributed by atoms with Crippen molar-refractivity contribution in [1.82, 2.24) is 14.1 Å². The minimum absolute atomic E-state index is 0.0747. The smallest absolute Gasteiger partial charge is 0.243 e. The predicted octanol–water partition coefficient (Wildman–Crippen LogP) is 2.16. The predicted molar refractivity (Wildman–Crippen MR) is 122 cm³/mol. The maximum atomic E-state index is 13.2. The van der Waals surface area contributed by atoms with Gasteiger partial charge < -0.3 is 14.4 Å². The first kappa shape index (κ1) is 22.2. The summed E-state index contributed by atoms with van der Waals surface area (Å²) in [5, 5.41) is 0. The van der Waals surface area contributed by atoms with Gasteiger partial charge in [0, 0.05) is 45.8 Å². The second kappa shape index (κ2) is 9.32. The van der Waals surface area contributed by atoms with Crippen LogP contribution in [0, 0.1) is 5.92 Å². The van der Waals surface area contributed by atoms with Crippen molar-refractivity contribution in [2.75, 3.05) is 46.1 Å². The van der Waals surface area contributed by atoms with Gasteiger partial charge in [0.05, 0.1) is 10.8 Å². The van der Waals surface area contributed by atoms with Crippen LogP contribution in [-0.4, -0.2) is 74.5 Å². The van der Waals surface area contributed by atoms with E-state index in [0.717, 1.165) is 43.1 Å². The summed E-state index contributed by atoms with van der Waals surface area (Å²) in [6.45, 7) is 4.68. The van der Waals surface area contributed by atoms with Gasteiger partial charge in [0.25, 0.3) is 0 Å². The first-order valence-electron chi connectivity index (χ1n) is 11.5. The lowest BCUT2D eigenvalue weighted by molar-refractivity contribution is -0.138. The summed E-state index contributed by atoms with van der Waals surface area (Å²) in [7, 11) is -3.57. The van der Waals surface area contributed by atoms with Crippen molar-refractivity contribution in [3.05, 3.63) is 54.1 Å². The second-order valence-electron chi connectivity index (χ2n) is 8.80. The number of sulfonamides is 1. The molecule has 1 amide bonds. The molecule has 1 atom stereocenters. The number of hydrogen-bond acceptors (Lipinski definition) is 6. The Bertz CT molecular complexity index is 1100. The maximum absolute atomic E-state index is 13.2. The zero-order chi connectivity index (χ0) is 22.8. The standard InChI is InChI=1S/C24H29N3O5S/c28-24(20-5-4-10-27(17-20)33(29,30)21-6-2-1-3-7-21)26-13-11-25(12-14-26)16-19-8-9-22-23(15-19)32-18-31-22/h1-3,6-9,15,20H,4-5,10-14,16-18H2/t20-/m1/s1. The van der Waals surface area contributed by atoms with Gasteiger partial charge in [-0.3, -0.25) is 9.69 Å². The van der Waals surface area contributed by atoms with Crippen LogP contribution in [0.25, 0.3) is 0 Å². The van der Waals surface area contributed by atoms with Crippen LogP contribution in [0.15, 0.2) is 53.4 Å². The molecular formula is C24H29N3O5S. The largest absolute Gasteiger partial charge is 0.454 e. The van der Waals surface area contributed by atoms with Crippen molar-refractivity contribution in [2.45, 2.75) is 24.3 Å². The topological polar surface area (TPSA) is 79.4 Å². The lowest BCUT2D eigenvalue weighted by atomic mass is 9.97. The lowest BCUT2D eigenvalue weighted by Gasteiger charge is -2.38. The van der Waals surface area contributed by atoms with Gasteiger partial charge in [0.15, 0.2) is 11.5 Å². The molecule has 3 aliphatic rings. The summed E-state index contributed by atoms with van der Waals surface area (Å²) in [5.74, 6) is 1.36. The highest BCUT2D eigenvalue weighted by molar-refractivity contribution is 7.89. The fourth-order valence-electron chi connectivity index (χ4n) is 4.79. The molecule has 2 saturated heterocycles. The Hall–Kier alpha value is -2.62. The maximum Gasteiger partial charge on any atom is 0.243 e. The number of benzene rings is 2. The van der Waals surface area contributed by atoms with Gasteiger partial charge in [-0.2, -0.15) is 4.31 Å². The highest BCUT2D eigenvalue weighted by atomic mass is 32.2. The van der Waals surface area contributed by atoms with E-state index in [0.29, 0.717) is 26.1 Å². The van der Waals surface area contributed by atoms with E-state index in [1.807, 2.05) is 17.0 Å². The lowest BCUT2D eigenvalue weighted by Crippen LogP contribution is -2.52. The Labute approximate surface area is 194 Å². The van der Waals surface area contributed by atoms with Crippen LogP contribution in [-0.2, 0) is 21.4 Å². The van der Waals surface area contributed by atoms with Crippen LogP contribution in [0.2, 0.25) is 0 Å². The summed E-state index contributed by atoms with van der Waals surface area (Å²) in [5.41, 5.74) is 1.16. The molecule has 0 saturated carbocycles. The van der Waals surface area contributed by atoms with E-state index >= 15 is 0 Å². The third-order valence-electron chi connectivity index (χ3n) is 6.64. The van der Waals surface area contributed by atoms with Crippen molar-refractivity contribution in [3.8, 4) is 11.5 Å². The van der Waals surface area contributed by atoms with Crippen molar-refractivity contribution in [1.29, 1.82) is 0 Å². The average molecular weight is 472 g/mol. The molecule has 2 fully saturated rings. The quantitative estimate of drug-likeness (QED) is 0.665. The molecule has 0 unspecified atom stereocenters. The van der Waals surface area contributed by atoms with Gasteiger partial charge in [-0.05, 0) is 42.7 Å². The monoisotopic (exact) mass is 471 g/mol. The number of rotatable bonds is 5. The Morgan fingerprint density at radius 3 is 2.48 bits per heavy atom. The molecule has 3 heterocycles. The average Bonchev–Trinajstić information content (AvgIpc) is 3.33. The number of fused-ring (bicyclic) bond motifs is 1. The number of nitrogens with zero attached hydrogens (tertiary/aromatic N) is 3. The molecule has 0 radical (unpaired) electrons. The number of carbonyl (C=O) groups is 1. The molecule has 5 rings (SSSR count). The van der Waals surface area contributed by atoms with Crippen molar-refractivity contribution < 1.29 is 22.7 Å². The number of carbonyl (C=O) groups excluding carboxylic acids is 1. The van der Waals surface area contributed by atoms with Crippen LogP contribution in [0.3, 0.4) is 0 Å². The molecule has 2 aromatic rings. The molecule has 33 heavy (non-hydrogen) atoms. The fourth-order valence-corrected chi connectivity index (χ4v) is 6.33. The van der Waals surface area contributed by atoms with Gasteiger partial charge in [-0.15, -0.1) is 0 Å². The van der Waals surface area contributed by atoms with Gasteiger partial charge in [0.1, 0.15) is 0 Å². The Morgan fingerprint density at radius 1 is 0.939 bits per heavy atom. The summed E-state index contributed by atoms with van der Waals surface area (Å²) >= 11 is 0. The van der Waals surface area contributed by atoms with E-state index in [1.165, 1.54) is 4.31 Å². The number of piperidine rings is 1. The summed E-state index contributed by atoms with van der Waals surface area (Å²) in [4.78, 5) is 17.7. The first-order chi connectivity index (χ1) is 16.0. The van der Waals surface area contributed by atoms with Crippen molar-refractivity contribution in [2.24, 2.45) is 5.92 Å². The fraction of sp³-hybridized carbons (Fsp3) is 0.458. The van der Waals surface area contributed by atoms with Gasteiger partial charge >= 0.3 is 0 Å². The van der Waals surface area contributed by atoms with Crippen LogP contribution in [0.4, 0.5) is 0 Å². The Kier molecular flexibility index (Phi) is 6.27. The van der Waals surface area contributed by atoms with Crippen LogP contribution in [0.5, 0.6) is 11.5 Å². The van der Waals surface area contributed by atoms with E-state index in [-0.39, 0.29) is 30.1 Å². The highest BCUT2D eigenvalue weighted by Gasteiger charge is 2.35. The molecule has 9 heteroatoms. The molecule has 0 aliphatic carbocycles. The number of ether oxygens (including phenoxy) is 2. The zero-order valence-electron chi connectivity index (χ0n) is 18.6. The summed E-state index contributed by atoms with van der Waals surface area (Å²) in [6.07, 6.45) is 1.43. The number of amides is 1. The van der Waals surface area contributed by atoms with Gasteiger partial charge in [-0.1, -0.05) is 24.3 Å². The Balaban J connectivity index is 1.16. The molecule has 8 nitrogen and oxygen atoms in total. The van der Waals surface area contributed by atoms with E-state index in [1.54, 1.807) is 30.3 Å². The van der Waals surface area contributed by atoms with Crippen LogP contribution >= 0.6 is 0 Å². The minimum Gasteiger partial charge on any atom is -0.454 e. The summed E-state index contributed by atoms with van der Waals surface area (Å²) in [6, 6.07) is 14.5. The minimum atomic E-state index is -3.57. The van der Waals surface area contributed by atoms with E-state index in [4.69, 9.17) is 9.47 Å². The van der Waals surface area contributed by atoms with Crippen LogP contribution in [0.1, 0.15) is 18.4 Å². The van der Waals surface area contributed by atoms with Gasteiger partial charge in [-0.25, -0.2) is 8.42 Å². The zero-order valence-corrected chi connectivity index (χ0v) is 19.4. The van der Waals surface area contributed by atoms with Crippen molar-refractivity contribution >= 4 is 15.9 Å². The molecule has 0 bridgehead atoms. The SMILES string of the molecule is O=C([C@@H]1CCCN(S(=O)(=O)c2ccccc2)C1)N1CCN(Cc2ccc3c(c2)OCO3)CC1. The molecule has 0 aromatic heterocycles. The normalized spacial score (nSPS) is 21.8. The van der Waals surface area contributed by atoms with E-state index in [9.17, 15) is 13.2 Å². The summed E-state index contributed by atoms with van der Waals surface area (Å²) < 4.78 is 38.3. The first-order valence-corrected chi connectivity index (χ1v) is 12.9. The van der Waals surface area contributed by atoms with Crippen molar-refractivity contribution in [3.63, 3.8) is 0 Å². The molecule has 2 aromatic carbocycles. The highest BCUT2D eigenvalue weighted by Crippen LogP contribution is 2.33. The molecule has 176 valence electrons. The van der Waals surface area contributed by atoms with Crippen LogP contribution < -0.4 is 9.47 Å². The molecule has 3 aliphatic heterocycles. The Morgan fingerprint density at radius 2 is 1.70 bits per heavy atom. The van der Waals surface area contributed by atoms with E-state index < -0.39 is 10.0 Å². The second-order valence-corrected chi connectivity index (χ2v) is 10.7.